The zero-order valence-corrected chi connectivity index (χ0v) is 17.4. The van der Waals surface area contributed by atoms with Gasteiger partial charge in [0.15, 0.2) is 0 Å². The molecule has 0 aliphatic carbocycles. The first-order valence-corrected chi connectivity index (χ1v) is 10.4. The Bertz CT molecular complexity index is 894. The highest BCUT2D eigenvalue weighted by molar-refractivity contribution is 5.77. The normalized spacial score (nSPS) is 20.3. The van der Waals surface area contributed by atoms with Crippen LogP contribution >= 0.6 is 0 Å². The fourth-order valence-electron chi connectivity index (χ4n) is 4.51. The Morgan fingerprint density at radius 2 is 2.03 bits per heavy atom. The molecule has 2 aromatic rings. The minimum atomic E-state index is 0.0672. The largest absolute Gasteiger partial charge is 0.497 e. The number of nitrogens with zero attached hydrogens (tertiary/aromatic N) is 1. The summed E-state index contributed by atoms with van der Waals surface area (Å²) in [4.78, 5) is 15.1. The summed E-state index contributed by atoms with van der Waals surface area (Å²) in [5.74, 6) is 2.73. The number of hydrogen-bond acceptors (Lipinski definition) is 4. The van der Waals surface area contributed by atoms with Crippen LogP contribution in [-0.2, 0) is 17.6 Å². The number of ether oxygens (including phenoxy) is 3. The SMILES string of the molecule is COc1ccc([C@@H]2CCCN2C(=O)CCc2ccc3c(c2)C[C@H](C)O3)c(OC)c1. The van der Waals surface area contributed by atoms with E-state index in [-0.39, 0.29) is 18.1 Å². The van der Waals surface area contributed by atoms with Crippen LogP contribution in [0, 0.1) is 0 Å². The van der Waals surface area contributed by atoms with Gasteiger partial charge in [-0.25, -0.2) is 0 Å². The van der Waals surface area contributed by atoms with E-state index >= 15 is 0 Å². The molecule has 0 unspecified atom stereocenters. The van der Waals surface area contributed by atoms with Gasteiger partial charge in [0, 0.05) is 31.0 Å². The van der Waals surface area contributed by atoms with Gasteiger partial charge in [-0.2, -0.15) is 0 Å². The Balaban J connectivity index is 1.44. The van der Waals surface area contributed by atoms with E-state index in [0.717, 1.165) is 55.0 Å². The Labute approximate surface area is 172 Å². The van der Waals surface area contributed by atoms with Crippen LogP contribution in [0.3, 0.4) is 0 Å². The lowest BCUT2D eigenvalue weighted by atomic mass is 10.0. The van der Waals surface area contributed by atoms with Crippen molar-refractivity contribution in [2.45, 2.75) is 51.2 Å². The number of aryl methyl sites for hydroxylation is 1. The maximum Gasteiger partial charge on any atom is 0.223 e. The van der Waals surface area contributed by atoms with Crippen molar-refractivity contribution in [3.63, 3.8) is 0 Å². The summed E-state index contributed by atoms with van der Waals surface area (Å²) in [7, 11) is 3.31. The molecule has 0 saturated carbocycles. The van der Waals surface area contributed by atoms with E-state index in [4.69, 9.17) is 14.2 Å². The third-order valence-corrected chi connectivity index (χ3v) is 5.96. The molecule has 0 bridgehead atoms. The van der Waals surface area contributed by atoms with Crippen molar-refractivity contribution in [2.75, 3.05) is 20.8 Å². The molecule has 2 aromatic carbocycles. The Morgan fingerprint density at radius 3 is 2.83 bits per heavy atom. The van der Waals surface area contributed by atoms with Crippen molar-refractivity contribution < 1.29 is 19.0 Å². The molecule has 2 heterocycles. The number of amides is 1. The van der Waals surface area contributed by atoms with Gasteiger partial charge in [0.1, 0.15) is 23.4 Å². The number of methoxy groups -OCH3 is 2. The van der Waals surface area contributed by atoms with E-state index < -0.39 is 0 Å². The molecule has 0 radical (unpaired) electrons. The van der Waals surface area contributed by atoms with Crippen LogP contribution in [0.15, 0.2) is 36.4 Å². The van der Waals surface area contributed by atoms with Crippen LogP contribution in [0.5, 0.6) is 17.2 Å². The van der Waals surface area contributed by atoms with Gasteiger partial charge in [-0.05, 0) is 55.5 Å². The Hall–Kier alpha value is -2.69. The molecule has 2 aliphatic rings. The quantitative estimate of drug-likeness (QED) is 0.731. The standard InChI is InChI=1S/C24H29NO4/c1-16-13-18-14-17(6-10-22(18)29-16)7-11-24(26)25-12-4-5-21(25)20-9-8-19(27-2)15-23(20)28-3/h6,8-10,14-16,21H,4-5,7,11-13H2,1-3H3/t16-,21-/m0/s1. The lowest BCUT2D eigenvalue weighted by Crippen LogP contribution is -2.30. The van der Waals surface area contributed by atoms with Crippen molar-refractivity contribution >= 4 is 5.91 Å². The predicted molar refractivity (Wildman–Crippen MR) is 112 cm³/mol. The second kappa shape index (κ2) is 8.36. The van der Waals surface area contributed by atoms with Crippen molar-refractivity contribution in [1.29, 1.82) is 0 Å². The van der Waals surface area contributed by atoms with Gasteiger partial charge in [-0.1, -0.05) is 12.1 Å². The van der Waals surface area contributed by atoms with Crippen LogP contribution < -0.4 is 14.2 Å². The van der Waals surface area contributed by atoms with E-state index in [9.17, 15) is 4.79 Å². The van der Waals surface area contributed by atoms with E-state index in [2.05, 4.69) is 19.1 Å². The van der Waals surface area contributed by atoms with Gasteiger partial charge in [0.25, 0.3) is 0 Å². The van der Waals surface area contributed by atoms with Crippen LogP contribution in [0.2, 0.25) is 0 Å². The van der Waals surface area contributed by atoms with Crippen molar-refractivity contribution in [2.24, 2.45) is 0 Å². The third-order valence-electron chi connectivity index (χ3n) is 5.96. The van der Waals surface area contributed by atoms with E-state index in [1.165, 1.54) is 11.1 Å². The lowest BCUT2D eigenvalue weighted by molar-refractivity contribution is -0.132. The molecule has 1 saturated heterocycles. The van der Waals surface area contributed by atoms with Crippen LogP contribution in [0.1, 0.15) is 48.9 Å². The molecular formula is C24H29NO4. The van der Waals surface area contributed by atoms with E-state index in [1.807, 2.05) is 29.2 Å². The first-order valence-electron chi connectivity index (χ1n) is 10.4. The molecule has 5 nitrogen and oxygen atoms in total. The minimum Gasteiger partial charge on any atom is -0.497 e. The number of carbonyl (C=O) groups excluding carboxylic acids is 1. The zero-order chi connectivity index (χ0) is 20.4. The summed E-state index contributed by atoms with van der Waals surface area (Å²) >= 11 is 0. The molecule has 1 fully saturated rings. The number of rotatable bonds is 6. The van der Waals surface area contributed by atoms with Gasteiger partial charge in [0.2, 0.25) is 5.91 Å². The lowest BCUT2D eigenvalue weighted by Gasteiger charge is -2.26. The molecule has 154 valence electrons. The highest BCUT2D eigenvalue weighted by atomic mass is 16.5. The van der Waals surface area contributed by atoms with Crippen molar-refractivity contribution in [3.8, 4) is 17.2 Å². The molecule has 2 aliphatic heterocycles. The van der Waals surface area contributed by atoms with Gasteiger partial charge in [-0.3, -0.25) is 4.79 Å². The molecule has 0 aromatic heterocycles. The number of benzene rings is 2. The van der Waals surface area contributed by atoms with Crippen LogP contribution in [-0.4, -0.2) is 37.7 Å². The topological polar surface area (TPSA) is 48.0 Å². The first-order chi connectivity index (χ1) is 14.1. The van der Waals surface area contributed by atoms with Gasteiger partial charge in [0.05, 0.1) is 20.3 Å². The van der Waals surface area contributed by atoms with Crippen molar-refractivity contribution in [1.82, 2.24) is 4.90 Å². The smallest absolute Gasteiger partial charge is 0.223 e. The highest BCUT2D eigenvalue weighted by Crippen LogP contribution is 2.39. The fourth-order valence-corrected chi connectivity index (χ4v) is 4.51. The van der Waals surface area contributed by atoms with E-state index in [0.29, 0.717) is 6.42 Å². The number of carbonyl (C=O) groups is 1. The molecular weight excluding hydrogens is 366 g/mol. The molecule has 29 heavy (non-hydrogen) atoms. The summed E-state index contributed by atoms with van der Waals surface area (Å²) in [5, 5.41) is 0. The monoisotopic (exact) mass is 395 g/mol. The van der Waals surface area contributed by atoms with Crippen LogP contribution in [0.4, 0.5) is 0 Å². The van der Waals surface area contributed by atoms with E-state index in [1.54, 1.807) is 14.2 Å². The summed E-state index contributed by atoms with van der Waals surface area (Å²) < 4.78 is 16.7. The Morgan fingerprint density at radius 1 is 1.17 bits per heavy atom. The second-order valence-corrected chi connectivity index (χ2v) is 7.93. The van der Waals surface area contributed by atoms with Crippen molar-refractivity contribution in [3.05, 3.63) is 53.1 Å². The number of hydrogen-bond donors (Lipinski definition) is 0. The zero-order valence-electron chi connectivity index (χ0n) is 17.4. The molecule has 4 rings (SSSR count). The first kappa shape index (κ1) is 19.6. The third kappa shape index (κ3) is 4.04. The molecule has 0 spiro atoms. The number of fused-ring (bicyclic) bond motifs is 1. The molecule has 2 atom stereocenters. The van der Waals surface area contributed by atoms with Gasteiger partial charge in [-0.15, -0.1) is 0 Å². The maximum absolute atomic E-state index is 13.0. The molecule has 1 amide bonds. The fraction of sp³-hybridized carbons (Fsp3) is 0.458. The molecule has 0 N–H and O–H groups in total. The minimum absolute atomic E-state index is 0.0672. The number of likely N-dealkylation sites (tertiary alicyclic amines) is 1. The molecule has 5 heteroatoms. The average Bonchev–Trinajstić information content (AvgIpc) is 3.36. The summed E-state index contributed by atoms with van der Waals surface area (Å²) in [5.41, 5.74) is 3.51. The highest BCUT2D eigenvalue weighted by Gasteiger charge is 2.31. The average molecular weight is 395 g/mol. The summed E-state index contributed by atoms with van der Waals surface area (Å²) in [6, 6.07) is 12.2. The summed E-state index contributed by atoms with van der Waals surface area (Å²) in [6.45, 7) is 2.89. The Kier molecular flexibility index (Phi) is 5.65. The van der Waals surface area contributed by atoms with Gasteiger partial charge < -0.3 is 19.1 Å². The second-order valence-electron chi connectivity index (χ2n) is 7.93. The van der Waals surface area contributed by atoms with Gasteiger partial charge >= 0.3 is 0 Å². The summed E-state index contributed by atoms with van der Waals surface area (Å²) in [6.07, 6.45) is 4.44. The maximum atomic E-state index is 13.0. The van der Waals surface area contributed by atoms with Crippen LogP contribution in [0.25, 0.3) is 0 Å². The predicted octanol–water partition coefficient (Wildman–Crippen LogP) is 4.32.